The number of ether oxygens (including phenoxy) is 3. The lowest BCUT2D eigenvalue weighted by atomic mass is 10.2. The van der Waals surface area contributed by atoms with E-state index in [9.17, 15) is 18.8 Å². The van der Waals surface area contributed by atoms with Crippen LogP contribution in [0.25, 0.3) is 0 Å². The van der Waals surface area contributed by atoms with Crippen LogP contribution in [0.2, 0.25) is 0 Å². The van der Waals surface area contributed by atoms with Gasteiger partial charge >= 0.3 is 11.8 Å². The summed E-state index contributed by atoms with van der Waals surface area (Å²) in [6, 6.07) is 0. The third-order valence-electron chi connectivity index (χ3n) is 3.92. The predicted octanol–water partition coefficient (Wildman–Crippen LogP) is 0.888. The maximum atomic E-state index is 14.3. The van der Waals surface area contributed by atoms with Crippen molar-refractivity contribution in [2.45, 2.75) is 64.8 Å². The Balaban J connectivity index is 2.11. The fourth-order valence-corrected chi connectivity index (χ4v) is 2.70. The normalized spacial score (nSPS) is 22.7. The van der Waals surface area contributed by atoms with Gasteiger partial charge in [-0.05, 0) is 27.7 Å². The Kier molecular flexibility index (Phi) is 6.42. The van der Waals surface area contributed by atoms with Crippen LogP contribution in [0.4, 0.5) is 9.18 Å². The second-order valence-corrected chi connectivity index (χ2v) is 7.34. The summed E-state index contributed by atoms with van der Waals surface area (Å²) in [6.45, 7) is 5.60. The first-order valence-electron chi connectivity index (χ1n) is 8.62. The van der Waals surface area contributed by atoms with Crippen molar-refractivity contribution in [1.82, 2.24) is 9.13 Å². The minimum atomic E-state index is -1.47. The first-order valence-corrected chi connectivity index (χ1v) is 8.62. The first kappa shape index (κ1) is 21.1. The molecule has 27 heavy (non-hydrogen) atoms. The Morgan fingerprint density at radius 1 is 1.41 bits per heavy atom. The van der Waals surface area contributed by atoms with Gasteiger partial charge in [0.1, 0.15) is 30.7 Å². The average Bonchev–Trinajstić information content (AvgIpc) is 2.92. The Hall–Kier alpha value is -2.20. The molecule has 1 aliphatic rings. The molecule has 1 aromatic heterocycles. The van der Waals surface area contributed by atoms with Crippen LogP contribution in [0.3, 0.4) is 0 Å². The number of aliphatic hydroxyl groups excluding tert-OH is 1. The van der Waals surface area contributed by atoms with Crippen LogP contribution in [0.15, 0.2) is 15.8 Å². The average molecular weight is 388 g/mol. The summed E-state index contributed by atoms with van der Waals surface area (Å²) in [5.74, 6) is 0. The lowest BCUT2D eigenvalue weighted by Gasteiger charge is -2.20. The number of carbonyl (C=O) groups excluding carboxylic acids is 1. The zero-order valence-electron chi connectivity index (χ0n) is 15.8. The summed E-state index contributed by atoms with van der Waals surface area (Å²) in [5.41, 5.74) is -1.71. The predicted molar refractivity (Wildman–Crippen MR) is 92.4 cm³/mol. The molecule has 3 atom stereocenters. The Bertz CT molecular complexity index is 796. The van der Waals surface area contributed by atoms with Crippen molar-refractivity contribution in [3.63, 3.8) is 0 Å². The van der Waals surface area contributed by atoms with Crippen molar-refractivity contribution in [3.8, 4) is 0 Å². The van der Waals surface area contributed by atoms with E-state index >= 15 is 0 Å². The van der Waals surface area contributed by atoms with Crippen LogP contribution in [0.5, 0.6) is 0 Å². The number of carbonyl (C=O) groups is 1. The zero-order chi connectivity index (χ0) is 20.4. The first-order chi connectivity index (χ1) is 12.5. The van der Waals surface area contributed by atoms with E-state index < -0.39 is 41.5 Å². The van der Waals surface area contributed by atoms with E-state index in [1.807, 2.05) is 0 Å². The number of aryl methyl sites for hydroxylation is 1. The van der Waals surface area contributed by atoms with Crippen molar-refractivity contribution in [3.05, 3.63) is 32.6 Å². The van der Waals surface area contributed by atoms with E-state index in [4.69, 9.17) is 19.3 Å². The van der Waals surface area contributed by atoms with Crippen LogP contribution in [0.1, 0.15) is 39.0 Å². The van der Waals surface area contributed by atoms with Gasteiger partial charge in [-0.3, -0.25) is 13.9 Å². The second kappa shape index (κ2) is 8.22. The number of hydrogen-bond donors (Lipinski definition) is 1. The molecule has 1 aliphatic heterocycles. The van der Waals surface area contributed by atoms with Crippen LogP contribution >= 0.6 is 0 Å². The fourth-order valence-electron chi connectivity index (χ4n) is 2.70. The highest BCUT2D eigenvalue weighted by Gasteiger charge is 2.38. The molecule has 0 spiro atoms. The van der Waals surface area contributed by atoms with Gasteiger partial charge in [0.25, 0.3) is 5.56 Å². The SMILES string of the molecule is Cc1cn(C2C[C@H](F)[C@@H](COC(=O)OC(C)(C)C)O2)c(=O)n(CCO)c1=O. The number of aromatic nitrogens is 2. The molecule has 0 amide bonds. The smallest absolute Gasteiger partial charge is 0.431 e. The summed E-state index contributed by atoms with van der Waals surface area (Å²) in [6.07, 6.45) is -3.27. The summed E-state index contributed by atoms with van der Waals surface area (Å²) in [5, 5.41) is 9.04. The van der Waals surface area contributed by atoms with E-state index in [1.54, 1.807) is 20.8 Å². The van der Waals surface area contributed by atoms with Crippen molar-refractivity contribution < 1.29 is 28.5 Å². The van der Waals surface area contributed by atoms with Crippen LogP contribution < -0.4 is 11.2 Å². The van der Waals surface area contributed by atoms with E-state index in [1.165, 1.54) is 13.1 Å². The summed E-state index contributed by atoms with van der Waals surface area (Å²) >= 11 is 0. The van der Waals surface area contributed by atoms with Crippen LogP contribution in [-0.4, -0.2) is 51.5 Å². The number of rotatable bonds is 5. The van der Waals surface area contributed by atoms with Crippen molar-refractivity contribution in [2.24, 2.45) is 0 Å². The number of halogens is 1. The largest absolute Gasteiger partial charge is 0.508 e. The van der Waals surface area contributed by atoms with Gasteiger partial charge < -0.3 is 19.3 Å². The molecule has 1 aromatic rings. The maximum absolute atomic E-state index is 14.3. The molecule has 0 aliphatic carbocycles. The molecule has 0 radical (unpaired) electrons. The number of alkyl halides is 1. The third kappa shape index (κ3) is 5.16. The standard InChI is InChI=1S/C17H25FN2O7/c1-10-8-20(15(23)19(5-6-21)14(10)22)13-7-11(18)12(26-13)9-25-16(24)27-17(2,3)4/h8,11-13,21H,5-7,9H2,1-4H3/t11-,12+,13?/m0/s1. The van der Waals surface area contributed by atoms with Crippen molar-refractivity contribution in [2.75, 3.05) is 13.2 Å². The Labute approximate surface area is 155 Å². The maximum Gasteiger partial charge on any atom is 0.508 e. The molecule has 1 saturated heterocycles. The highest BCUT2D eigenvalue weighted by atomic mass is 19.1. The summed E-state index contributed by atoms with van der Waals surface area (Å²) in [7, 11) is 0. The van der Waals surface area contributed by atoms with Gasteiger partial charge in [0.15, 0.2) is 0 Å². The molecule has 2 heterocycles. The summed E-state index contributed by atoms with van der Waals surface area (Å²) in [4.78, 5) is 36.1. The molecule has 10 heteroatoms. The quantitative estimate of drug-likeness (QED) is 0.746. The molecule has 9 nitrogen and oxygen atoms in total. The van der Waals surface area contributed by atoms with Crippen molar-refractivity contribution in [1.29, 1.82) is 0 Å². The van der Waals surface area contributed by atoms with Gasteiger partial charge in [0.2, 0.25) is 0 Å². The fraction of sp³-hybridized carbons (Fsp3) is 0.706. The molecule has 2 rings (SSSR count). The van der Waals surface area contributed by atoms with Crippen molar-refractivity contribution >= 4 is 6.16 Å². The topological polar surface area (TPSA) is 109 Å². The van der Waals surface area contributed by atoms with E-state index in [0.29, 0.717) is 0 Å². The third-order valence-corrected chi connectivity index (χ3v) is 3.92. The molecule has 0 saturated carbocycles. The Morgan fingerprint density at radius 2 is 2.07 bits per heavy atom. The van der Waals surface area contributed by atoms with Gasteiger partial charge in [-0.1, -0.05) is 0 Å². The molecule has 1 N–H and O–H groups in total. The zero-order valence-corrected chi connectivity index (χ0v) is 15.8. The highest BCUT2D eigenvalue weighted by Crippen LogP contribution is 2.30. The summed E-state index contributed by atoms with van der Waals surface area (Å²) < 4.78 is 31.7. The lowest BCUT2D eigenvalue weighted by Crippen LogP contribution is -2.42. The van der Waals surface area contributed by atoms with Crippen LogP contribution in [0, 0.1) is 6.92 Å². The number of nitrogens with zero attached hydrogens (tertiary/aromatic N) is 2. The lowest BCUT2D eigenvalue weighted by molar-refractivity contribution is -0.0626. The molecule has 1 unspecified atom stereocenters. The van der Waals surface area contributed by atoms with Gasteiger partial charge in [-0.25, -0.2) is 14.0 Å². The second-order valence-electron chi connectivity index (χ2n) is 7.34. The van der Waals surface area contributed by atoms with Gasteiger partial charge in [-0.2, -0.15) is 0 Å². The van der Waals surface area contributed by atoms with Gasteiger partial charge in [0.05, 0.1) is 13.2 Å². The molecule has 0 aromatic carbocycles. The highest BCUT2D eigenvalue weighted by molar-refractivity contribution is 5.60. The van der Waals surface area contributed by atoms with E-state index in [0.717, 1.165) is 9.13 Å². The molecular formula is C17H25FN2O7. The van der Waals surface area contributed by atoms with E-state index in [2.05, 4.69) is 0 Å². The molecule has 0 bridgehead atoms. The van der Waals surface area contributed by atoms with E-state index in [-0.39, 0.29) is 31.7 Å². The minimum Gasteiger partial charge on any atom is -0.431 e. The molecule has 1 fully saturated rings. The number of hydrogen-bond acceptors (Lipinski definition) is 7. The molecular weight excluding hydrogens is 363 g/mol. The van der Waals surface area contributed by atoms with Gasteiger partial charge in [-0.15, -0.1) is 0 Å². The minimum absolute atomic E-state index is 0.140. The monoisotopic (exact) mass is 388 g/mol. The van der Waals surface area contributed by atoms with Gasteiger partial charge in [0, 0.05) is 18.2 Å². The Morgan fingerprint density at radius 3 is 2.67 bits per heavy atom. The number of aliphatic hydroxyl groups is 1. The van der Waals surface area contributed by atoms with Crippen LogP contribution in [-0.2, 0) is 20.8 Å². The molecule has 152 valence electrons.